The van der Waals surface area contributed by atoms with Gasteiger partial charge in [0.1, 0.15) is 0 Å². The highest BCUT2D eigenvalue weighted by Crippen LogP contribution is 2.28. The Bertz CT molecular complexity index is 534. The van der Waals surface area contributed by atoms with Gasteiger partial charge >= 0.3 is 0 Å². The molecule has 0 saturated carbocycles. The fourth-order valence-electron chi connectivity index (χ4n) is 2.04. The maximum Gasteiger partial charge on any atom is 0.0921 e. The first-order valence-corrected chi connectivity index (χ1v) is 5.72. The summed E-state index contributed by atoms with van der Waals surface area (Å²) in [6, 6.07) is 7.79. The van der Waals surface area contributed by atoms with Gasteiger partial charge in [-0.3, -0.25) is 9.97 Å². The third kappa shape index (κ3) is 1.87. The molecule has 86 valence electrons. The van der Waals surface area contributed by atoms with Crippen LogP contribution in [0.4, 0.5) is 5.69 Å². The molecule has 2 aromatic rings. The van der Waals surface area contributed by atoms with E-state index in [0.717, 1.165) is 35.7 Å². The van der Waals surface area contributed by atoms with Crippen LogP contribution in [0.2, 0.25) is 0 Å². The van der Waals surface area contributed by atoms with Crippen molar-refractivity contribution < 1.29 is 0 Å². The normalized spacial score (nSPS) is 15.5. The van der Waals surface area contributed by atoms with Gasteiger partial charge in [0.2, 0.25) is 0 Å². The fourth-order valence-corrected chi connectivity index (χ4v) is 2.04. The molecule has 1 fully saturated rings. The first-order valence-electron chi connectivity index (χ1n) is 5.72. The number of nitrogens with two attached hydrogens (primary N) is 1. The lowest BCUT2D eigenvalue weighted by atomic mass is 9.94. The maximum absolute atomic E-state index is 5.81. The number of rotatable bonds is 2. The van der Waals surface area contributed by atoms with Crippen LogP contribution in [0.5, 0.6) is 0 Å². The summed E-state index contributed by atoms with van der Waals surface area (Å²) >= 11 is 0. The zero-order valence-electron chi connectivity index (χ0n) is 9.43. The Morgan fingerprint density at radius 3 is 2.71 bits per heavy atom. The van der Waals surface area contributed by atoms with Crippen molar-refractivity contribution in [3.8, 4) is 11.3 Å². The van der Waals surface area contributed by atoms with Crippen molar-refractivity contribution in [2.24, 2.45) is 0 Å². The molecule has 1 aliphatic heterocycles. The summed E-state index contributed by atoms with van der Waals surface area (Å²) < 4.78 is 0. The van der Waals surface area contributed by atoms with Gasteiger partial charge in [-0.15, -0.1) is 0 Å². The van der Waals surface area contributed by atoms with Gasteiger partial charge in [0, 0.05) is 42.7 Å². The third-order valence-corrected chi connectivity index (χ3v) is 3.05. The van der Waals surface area contributed by atoms with Crippen LogP contribution in [0, 0.1) is 0 Å². The summed E-state index contributed by atoms with van der Waals surface area (Å²) in [5.41, 5.74) is 9.62. The maximum atomic E-state index is 5.81. The summed E-state index contributed by atoms with van der Waals surface area (Å²) in [4.78, 5) is 8.91. The van der Waals surface area contributed by atoms with E-state index >= 15 is 0 Å². The van der Waals surface area contributed by atoms with Crippen LogP contribution in [0.3, 0.4) is 0 Å². The molecule has 0 unspecified atom stereocenters. The zero-order valence-corrected chi connectivity index (χ0v) is 9.43. The van der Waals surface area contributed by atoms with Gasteiger partial charge in [-0.05, 0) is 12.1 Å². The third-order valence-electron chi connectivity index (χ3n) is 3.05. The first-order chi connectivity index (χ1) is 8.34. The Labute approximate surface area is 99.9 Å². The molecular weight excluding hydrogens is 212 g/mol. The summed E-state index contributed by atoms with van der Waals surface area (Å²) in [6.07, 6.45) is 3.48. The van der Waals surface area contributed by atoms with Gasteiger partial charge in [-0.1, -0.05) is 12.1 Å². The average Bonchev–Trinajstić information content (AvgIpc) is 2.27. The van der Waals surface area contributed by atoms with Crippen LogP contribution in [0.1, 0.15) is 11.6 Å². The standard InChI is InChI=1S/C13H14N4/c14-11-3-1-2-9(6-11)12-13(10-7-15-8-10)17-5-4-16-12/h1-6,10,15H,7-8,14H2. The van der Waals surface area contributed by atoms with Crippen LogP contribution in [0.25, 0.3) is 11.3 Å². The summed E-state index contributed by atoms with van der Waals surface area (Å²) in [6.45, 7) is 1.96. The Morgan fingerprint density at radius 2 is 2.00 bits per heavy atom. The fraction of sp³-hybridized carbons (Fsp3) is 0.231. The molecule has 0 spiro atoms. The van der Waals surface area contributed by atoms with E-state index < -0.39 is 0 Å². The van der Waals surface area contributed by atoms with Crippen LogP contribution >= 0.6 is 0 Å². The quantitative estimate of drug-likeness (QED) is 0.760. The lowest BCUT2D eigenvalue weighted by Crippen LogP contribution is -2.40. The molecule has 1 aromatic carbocycles. The van der Waals surface area contributed by atoms with E-state index in [4.69, 9.17) is 5.73 Å². The van der Waals surface area contributed by atoms with Crippen LogP contribution < -0.4 is 11.1 Å². The molecule has 0 radical (unpaired) electrons. The lowest BCUT2D eigenvalue weighted by Gasteiger charge is -2.27. The number of benzene rings is 1. The summed E-state index contributed by atoms with van der Waals surface area (Å²) in [7, 11) is 0. The summed E-state index contributed by atoms with van der Waals surface area (Å²) in [5.74, 6) is 0.472. The minimum atomic E-state index is 0.472. The molecule has 0 bridgehead atoms. The minimum Gasteiger partial charge on any atom is -0.399 e. The SMILES string of the molecule is Nc1cccc(-c2nccnc2C2CNC2)c1. The molecule has 3 rings (SSSR count). The van der Waals surface area contributed by atoms with E-state index in [9.17, 15) is 0 Å². The minimum absolute atomic E-state index is 0.472. The molecule has 3 N–H and O–H groups in total. The second-order valence-electron chi connectivity index (χ2n) is 4.27. The highest BCUT2D eigenvalue weighted by molar-refractivity contribution is 5.66. The van der Waals surface area contributed by atoms with Gasteiger partial charge in [0.05, 0.1) is 11.4 Å². The van der Waals surface area contributed by atoms with Crippen molar-refractivity contribution in [2.45, 2.75) is 5.92 Å². The van der Waals surface area contributed by atoms with E-state index in [1.54, 1.807) is 12.4 Å². The van der Waals surface area contributed by atoms with E-state index in [-0.39, 0.29) is 0 Å². The van der Waals surface area contributed by atoms with Gasteiger partial charge < -0.3 is 11.1 Å². The Hall–Kier alpha value is -1.94. The number of aromatic nitrogens is 2. The molecule has 4 nitrogen and oxygen atoms in total. The molecule has 4 heteroatoms. The molecule has 1 saturated heterocycles. The molecule has 1 aliphatic rings. The Morgan fingerprint density at radius 1 is 1.18 bits per heavy atom. The van der Waals surface area contributed by atoms with E-state index in [1.165, 1.54) is 0 Å². The number of anilines is 1. The molecular formula is C13H14N4. The van der Waals surface area contributed by atoms with Crippen molar-refractivity contribution >= 4 is 5.69 Å². The number of nitrogen functional groups attached to an aromatic ring is 1. The monoisotopic (exact) mass is 226 g/mol. The molecule has 0 aliphatic carbocycles. The van der Waals surface area contributed by atoms with E-state index in [0.29, 0.717) is 5.92 Å². The molecule has 2 heterocycles. The van der Waals surface area contributed by atoms with Crippen molar-refractivity contribution in [3.05, 3.63) is 42.4 Å². The zero-order chi connectivity index (χ0) is 11.7. The highest BCUT2D eigenvalue weighted by Gasteiger charge is 2.24. The smallest absolute Gasteiger partial charge is 0.0921 e. The first kappa shape index (κ1) is 10.2. The van der Waals surface area contributed by atoms with Gasteiger partial charge in [0.25, 0.3) is 0 Å². The molecule has 17 heavy (non-hydrogen) atoms. The second kappa shape index (κ2) is 4.14. The Balaban J connectivity index is 2.07. The van der Waals surface area contributed by atoms with Gasteiger partial charge in [-0.2, -0.15) is 0 Å². The molecule has 0 amide bonds. The summed E-state index contributed by atoms with van der Waals surface area (Å²) in [5, 5.41) is 3.26. The number of nitrogens with one attached hydrogen (secondary N) is 1. The van der Waals surface area contributed by atoms with Gasteiger partial charge in [0.15, 0.2) is 0 Å². The molecule has 0 atom stereocenters. The van der Waals surface area contributed by atoms with Crippen molar-refractivity contribution in [2.75, 3.05) is 18.8 Å². The predicted octanol–water partition coefficient (Wildman–Crippen LogP) is 1.41. The van der Waals surface area contributed by atoms with E-state index in [1.807, 2.05) is 24.3 Å². The van der Waals surface area contributed by atoms with Crippen molar-refractivity contribution in [1.29, 1.82) is 0 Å². The van der Waals surface area contributed by atoms with Gasteiger partial charge in [-0.25, -0.2) is 0 Å². The number of nitrogens with zero attached hydrogens (tertiary/aromatic N) is 2. The lowest BCUT2D eigenvalue weighted by molar-refractivity contribution is 0.439. The highest BCUT2D eigenvalue weighted by atomic mass is 15.0. The van der Waals surface area contributed by atoms with Crippen LogP contribution in [-0.2, 0) is 0 Å². The van der Waals surface area contributed by atoms with Crippen LogP contribution in [-0.4, -0.2) is 23.1 Å². The molecule has 1 aromatic heterocycles. The Kier molecular flexibility index (Phi) is 2.49. The van der Waals surface area contributed by atoms with E-state index in [2.05, 4.69) is 15.3 Å². The topological polar surface area (TPSA) is 63.8 Å². The largest absolute Gasteiger partial charge is 0.399 e. The van der Waals surface area contributed by atoms with Crippen molar-refractivity contribution in [3.63, 3.8) is 0 Å². The average molecular weight is 226 g/mol. The number of hydrogen-bond acceptors (Lipinski definition) is 4. The van der Waals surface area contributed by atoms with Crippen LogP contribution in [0.15, 0.2) is 36.7 Å². The number of hydrogen-bond donors (Lipinski definition) is 2. The van der Waals surface area contributed by atoms with Crippen molar-refractivity contribution in [1.82, 2.24) is 15.3 Å². The second-order valence-corrected chi connectivity index (χ2v) is 4.27. The predicted molar refractivity (Wildman–Crippen MR) is 67.5 cm³/mol.